The Morgan fingerprint density at radius 2 is 1.39 bits per heavy atom. The fraction of sp³-hybridized carbons (Fsp3) is 0.111. The minimum atomic E-state index is -0.267. The zero-order valence-electron chi connectivity index (χ0n) is 13.0. The number of rotatable bonds is 4. The van der Waals surface area contributed by atoms with Crippen LogP contribution in [0.3, 0.4) is 0 Å². The van der Waals surface area contributed by atoms with Crippen LogP contribution in [0.4, 0.5) is 27.5 Å². The van der Waals surface area contributed by atoms with Crippen LogP contribution in [0.25, 0.3) is 0 Å². The molecule has 0 aliphatic rings. The van der Waals surface area contributed by atoms with E-state index in [0.717, 1.165) is 17.1 Å². The third-order valence-corrected chi connectivity index (χ3v) is 3.28. The van der Waals surface area contributed by atoms with E-state index < -0.39 is 0 Å². The summed E-state index contributed by atoms with van der Waals surface area (Å²) in [6.45, 7) is 3.94. The van der Waals surface area contributed by atoms with Gasteiger partial charge >= 0.3 is 0 Å². The molecule has 0 bridgehead atoms. The number of aryl methyl sites for hydroxylation is 2. The van der Waals surface area contributed by atoms with Crippen LogP contribution in [0, 0.1) is 19.7 Å². The average Bonchev–Trinajstić information content (AvgIpc) is 2.51. The highest BCUT2D eigenvalue weighted by molar-refractivity contribution is 5.60. The summed E-state index contributed by atoms with van der Waals surface area (Å²) >= 11 is 0. The predicted octanol–water partition coefficient (Wildman–Crippen LogP) is 4.72. The molecule has 0 amide bonds. The number of aromatic nitrogens is 2. The molecule has 1 heterocycles. The molecule has 0 saturated heterocycles. The summed E-state index contributed by atoms with van der Waals surface area (Å²) in [5.41, 5.74) is 3.72. The number of nitrogens with zero attached hydrogens (tertiary/aromatic N) is 2. The lowest BCUT2D eigenvalue weighted by Crippen LogP contribution is -2.02. The van der Waals surface area contributed by atoms with Crippen molar-refractivity contribution in [3.8, 4) is 0 Å². The van der Waals surface area contributed by atoms with E-state index in [1.165, 1.54) is 17.7 Å². The standard InChI is InChI=1S/C18H17FN4/c1-12-3-7-16(8-4-12)22-18-20-13(2)11-17(23-18)21-15-9-5-14(19)6-10-15/h3-11H,1-2H3,(H2,20,21,22,23). The zero-order valence-corrected chi connectivity index (χ0v) is 13.0. The molecule has 5 heteroatoms. The highest BCUT2D eigenvalue weighted by atomic mass is 19.1. The van der Waals surface area contributed by atoms with Gasteiger partial charge in [0.05, 0.1) is 0 Å². The molecule has 116 valence electrons. The Morgan fingerprint density at radius 3 is 2.09 bits per heavy atom. The minimum absolute atomic E-state index is 0.267. The van der Waals surface area contributed by atoms with Crippen LogP contribution >= 0.6 is 0 Å². The maximum absolute atomic E-state index is 13.0. The van der Waals surface area contributed by atoms with Crippen LogP contribution in [0.15, 0.2) is 54.6 Å². The molecule has 0 aliphatic carbocycles. The van der Waals surface area contributed by atoms with Crippen molar-refractivity contribution in [2.45, 2.75) is 13.8 Å². The normalized spacial score (nSPS) is 10.4. The Labute approximate surface area is 134 Å². The number of hydrogen-bond donors (Lipinski definition) is 2. The maximum atomic E-state index is 13.0. The van der Waals surface area contributed by atoms with Crippen molar-refractivity contribution in [1.82, 2.24) is 9.97 Å². The van der Waals surface area contributed by atoms with Crippen molar-refractivity contribution in [1.29, 1.82) is 0 Å². The van der Waals surface area contributed by atoms with Gasteiger partial charge in [-0.2, -0.15) is 4.98 Å². The molecule has 23 heavy (non-hydrogen) atoms. The molecule has 0 atom stereocenters. The molecule has 4 nitrogen and oxygen atoms in total. The van der Waals surface area contributed by atoms with Gasteiger partial charge in [-0.3, -0.25) is 0 Å². The third-order valence-electron chi connectivity index (χ3n) is 3.28. The van der Waals surface area contributed by atoms with Gasteiger partial charge in [0, 0.05) is 23.1 Å². The summed E-state index contributed by atoms with van der Waals surface area (Å²) in [4.78, 5) is 8.83. The number of nitrogens with one attached hydrogen (secondary N) is 2. The summed E-state index contributed by atoms with van der Waals surface area (Å²) < 4.78 is 13.0. The van der Waals surface area contributed by atoms with Crippen molar-refractivity contribution < 1.29 is 4.39 Å². The summed E-state index contributed by atoms with van der Waals surface area (Å²) in [6, 6.07) is 16.0. The summed E-state index contributed by atoms with van der Waals surface area (Å²) in [5, 5.41) is 6.33. The first kappa shape index (κ1) is 15.0. The second-order valence-corrected chi connectivity index (χ2v) is 5.34. The maximum Gasteiger partial charge on any atom is 0.229 e. The first-order valence-corrected chi connectivity index (χ1v) is 7.30. The van der Waals surface area contributed by atoms with E-state index in [2.05, 4.69) is 20.6 Å². The fourth-order valence-electron chi connectivity index (χ4n) is 2.14. The van der Waals surface area contributed by atoms with Crippen molar-refractivity contribution >= 4 is 23.1 Å². The van der Waals surface area contributed by atoms with Crippen LogP contribution in [0.2, 0.25) is 0 Å². The molecule has 0 fully saturated rings. The van der Waals surface area contributed by atoms with Crippen LogP contribution in [-0.2, 0) is 0 Å². The smallest absolute Gasteiger partial charge is 0.229 e. The van der Waals surface area contributed by atoms with Crippen LogP contribution in [0.1, 0.15) is 11.3 Å². The quantitative estimate of drug-likeness (QED) is 0.732. The highest BCUT2D eigenvalue weighted by Crippen LogP contribution is 2.19. The molecule has 2 aromatic carbocycles. The van der Waals surface area contributed by atoms with Gasteiger partial charge in [0.25, 0.3) is 0 Å². The van der Waals surface area contributed by atoms with E-state index in [0.29, 0.717) is 11.8 Å². The molecule has 0 saturated carbocycles. The van der Waals surface area contributed by atoms with Crippen molar-refractivity contribution in [2.24, 2.45) is 0 Å². The molecular weight excluding hydrogens is 291 g/mol. The third kappa shape index (κ3) is 4.03. The van der Waals surface area contributed by atoms with E-state index >= 15 is 0 Å². The van der Waals surface area contributed by atoms with Gasteiger partial charge in [0.15, 0.2) is 0 Å². The van der Waals surface area contributed by atoms with Gasteiger partial charge in [-0.15, -0.1) is 0 Å². The van der Waals surface area contributed by atoms with Gasteiger partial charge in [-0.05, 0) is 50.2 Å². The molecule has 3 rings (SSSR count). The SMILES string of the molecule is Cc1ccc(Nc2nc(C)cc(Nc3ccc(F)cc3)n2)cc1. The lowest BCUT2D eigenvalue weighted by molar-refractivity contribution is 0.628. The Balaban J connectivity index is 1.81. The lowest BCUT2D eigenvalue weighted by atomic mass is 10.2. The molecule has 0 radical (unpaired) electrons. The predicted molar refractivity (Wildman–Crippen MR) is 90.9 cm³/mol. The Hall–Kier alpha value is -2.95. The number of halogens is 1. The molecular formula is C18H17FN4. The van der Waals surface area contributed by atoms with E-state index in [4.69, 9.17) is 0 Å². The Bertz CT molecular complexity index is 733. The Morgan fingerprint density at radius 1 is 0.783 bits per heavy atom. The highest BCUT2D eigenvalue weighted by Gasteiger charge is 2.04. The van der Waals surface area contributed by atoms with Gasteiger partial charge < -0.3 is 10.6 Å². The first-order valence-electron chi connectivity index (χ1n) is 7.30. The van der Waals surface area contributed by atoms with Gasteiger partial charge in [-0.1, -0.05) is 17.7 Å². The summed E-state index contributed by atoms with van der Waals surface area (Å²) in [7, 11) is 0. The summed E-state index contributed by atoms with van der Waals surface area (Å²) in [5.74, 6) is 0.897. The van der Waals surface area contributed by atoms with Gasteiger partial charge in [0.1, 0.15) is 11.6 Å². The monoisotopic (exact) mass is 308 g/mol. The van der Waals surface area contributed by atoms with Crippen molar-refractivity contribution in [3.63, 3.8) is 0 Å². The van der Waals surface area contributed by atoms with Crippen LogP contribution in [-0.4, -0.2) is 9.97 Å². The van der Waals surface area contributed by atoms with Gasteiger partial charge in [0.2, 0.25) is 5.95 Å². The van der Waals surface area contributed by atoms with E-state index in [1.54, 1.807) is 12.1 Å². The summed E-state index contributed by atoms with van der Waals surface area (Å²) in [6.07, 6.45) is 0. The molecule has 0 aliphatic heterocycles. The van der Waals surface area contributed by atoms with Crippen LogP contribution in [0.5, 0.6) is 0 Å². The minimum Gasteiger partial charge on any atom is -0.340 e. The van der Waals surface area contributed by atoms with E-state index in [9.17, 15) is 4.39 Å². The first-order chi connectivity index (χ1) is 11.1. The average molecular weight is 308 g/mol. The number of benzene rings is 2. The zero-order chi connectivity index (χ0) is 16.2. The largest absolute Gasteiger partial charge is 0.340 e. The lowest BCUT2D eigenvalue weighted by Gasteiger charge is -2.10. The van der Waals surface area contributed by atoms with Gasteiger partial charge in [-0.25, -0.2) is 9.37 Å². The Kier molecular flexibility index (Phi) is 4.19. The number of anilines is 4. The van der Waals surface area contributed by atoms with Crippen molar-refractivity contribution in [3.05, 3.63) is 71.7 Å². The second-order valence-electron chi connectivity index (χ2n) is 5.34. The number of hydrogen-bond acceptors (Lipinski definition) is 4. The molecule has 1 aromatic heterocycles. The fourth-order valence-corrected chi connectivity index (χ4v) is 2.14. The van der Waals surface area contributed by atoms with E-state index in [-0.39, 0.29) is 5.82 Å². The molecule has 0 unspecified atom stereocenters. The molecule has 0 spiro atoms. The van der Waals surface area contributed by atoms with Crippen LogP contribution < -0.4 is 10.6 Å². The second kappa shape index (κ2) is 6.44. The molecule has 3 aromatic rings. The topological polar surface area (TPSA) is 49.8 Å². The van der Waals surface area contributed by atoms with E-state index in [1.807, 2.05) is 44.2 Å². The molecule has 2 N–H and O–H groups in total. The van der Waals surface area contributed by atoms with Crippen molar-refractivity contribution in [2.75, 3.05) is 10.6 Å².